The number of hydrogen-bond acceptors (Lipinski definition) is 2. The topological polar surface area (TPSA) is 49.4 Å². The highest BCUT2D eigenvalue weighted by atomic mass is 16.2. The SMILES string of the molecule is Cc1ccc(C)c(NC(=O)[C@H](C(C)C)N2Cc3ccccc3C2=O)c1. The number of carbonyl (C=O) groups excluding carboxylic acids is 2. The maximum Gasteiger partial charge on any atom is 0.255 e. The second-order valence-electron chi connectivity index (χ2n) is 7.09. The van der Waals surface area contributed by atoms with E-state index >= 15 is 0 Å². The van der Waals surface area contributed by atoms with E-state index in [0.29, 0.717) is 12.1 Å². The van der Waals surface area contributed by atoms with Crippen molar-refractivity contribution >= 4 is 17.5 Å². The average Bonchev–Trinajstić information content (AvgIpc) is 2.88. The van der Waals surface area contributed by atoms with Gasteiger partial charge in [0.25, 0.3) is 5.91 Å². The molecule has 1 heterocycles. The summed E-state index contributed by atoms with van der Waals surface area (Å²) in [5.41, 5.74) is 4.59. The van der Waals surface area contributed by atoms with Gasteiger partial charge >= 0.3 is 0 Å². The van der Waals surface area contributed by atoms with Crippen LogP contribution >= 0.6 is 0 Å². The zero-order valence-corrected chi connectivity index (χ0v) is 15.2. The van der Waals surface area contributed by atoms with Crippen molar-refractivity contribution in [3.05, 3.63) is 64.7 Å². The van der Waals surface area contributed by atoms with Crippen LogP contribution in [0.25, 0.3) is 0 Å². The fourth-order valence-corrected chi connectivity index (χ4v) is 3.38. The van der Waals surface area contributed by atoms with Gasteiger partial charge in [0, 0.05) is 17.8 Å². The van der Waals surface area contributed by atoms with Crippen molar-refractivity contribution < 1.29 is 9.59 Å². The third kappa shape index (κ3) is 3.29. The summed E-state index contributed by atoms with van der Waals surface area (Å²) < 4.78 is 0. The number of nitrogens with one attached hydrogen (secondary N) is 1. The molecule has 4 nitrogen and oxygen atoms in total. The fraction of sp³-hybridized carbons (Fsp3) is 0.333. The molecule has 2 aromatic carbocycles. The minimum atomic E-state index is -0.500. The number of rotatable bonds is 4. The van der Waals surface area contributed by atoms with E-state index in [0.717, 1.165) is 22.4 Å². The third-order valence-corrected chi connectivity index (χ3v) is 4.74. The number of anilines is 1. The number of nitrogens with zero attached hydrogens (tertiary/aromatic N) is 1. The molecule has 0 spiro atoms. The van der Waals surface area contributed by atoms with Crippen LogP contribution in [0.4, 0.5) is 5.69 Å². The Labute approximate surface area is 148 Å². The molecule has 25 heavy (non-hydrogen) atoms. The molecule has 1 atom stereocenters. The molecule has 3 rings (SSSR count). The van der Waals surface area contributed by atoms with Gasteiger partial charge in [-0.1, -0.05) is 44.2 Å². The number of hydrogen-bond donors (Lipinski definition) is 1. The van der Waals surface area contributed by atoms with Gasteiger partial charge in [-0.25, -0.2) is 0 Å². The summed E-state index contributed by atoms with van der Waals surface area (Å²) in [5.74, 6) is -0.182. The van der Waals surface area contributed by atoms with Crippen molar-refractivity contribution in [2.24, 2.45) is 5.92 Å². The quantitative estimate of drug-likeness (QED) is 0.920. The van der Waals surface area contributed by atoms with Crippen molar-refractivity contribution in [2.75, 3.05) is 5.32 Å². The van der Waals surface area contributed by atoms with Crippen LogP contribution in [0, 0.1) is 19.8 Å². The highest BCUT2D eigenvalue weighted by Gasteiger charge is 2.37. The Morgan fingerprint density at radius 1 is 1.12 bits per heavy atom. The van der Waals surface area contributed by atoms with Gasteiger partial charge in [0.1, 0.15) is 6.04 Å². The summed E-state index contributed by atoms with van der Waals surface area (Å²) in [6, 6.07) is 13.0. The highest BCUT2D eigenvalue weighted by molar-refractivity contribution is 6.03. The van der Waals surface area contributed by atoms with Crippen LogP contribution in [-0.4, -0.2) is 22.8 Å². The predicted molar refractivity (Wildman–Crippen MR) is 99.5 cm³/mol. The summed E-state index contributed by atoms with van der Waals surface area (Å²) in [6.07, 6.45) is 0. The minimum absolute atomic E-state index is 0.0170. The van der Waals surface area contributed by atoms with E-state index in [1.807, 2.05) is 70.2 Å². The molecule has 1 N–H and O–H groups in total. The lowest BCUT2D eigenvalue weighted by atomic mass is 10.0. The van der Waals surface area contributed by atoms with Crippen LogP contribution in [0.2, 0.25) is 0 Å². The lowest BCUT2D eigenvalue weighted by Crippen LogP contribution is -2.47. The second kappa shape index (κ2) is 6.71. The van der Waals surface area contributed by atoms with Crippen LogP contribution in [0.3, 0.4) is 0 Å². The first-order valence-electron chi connectivity index (χ1n) is 8.65. The highest BCUT2D eigenvalue weighted by Crippen LogP contribution is 2.28. The molecule has 2 aromatic rings. The normalized spacial score (nSPS) is 14.6. The number of carbonyl (C=O) groups is 2. The maximum absolute atomic E-state index is 13.0. The zero-order chi connectivity index (χ0) is 18.1. The number of aryl methyl sites for hydroxylation is 2. The van der Waals surface area contributed by atoms with Crippen molar-refractivity contribution in [2.45, 2.75) is 40.3 Å². The second-order valence-corrected chi connectivity index (χ2v) is 7.09. The molecule has 0 aromatic heterocycles. The van der Waals surface area contributed by atoms with Gasteiger partial charge in [-0.15, -0.1) is 0 Å². The van der Waals surface area contributed by atoms with Crippen LogP contribution in [0.5, 0.6) is 0 Å². The molecule has 2 amide bonds. The van der Waals surface area contributed by atoms with E-state index in [-0.39, 0.29) is 17.7 Å². The summed E-state index contributed by atoms with van der Waals surface area (Å²) >= 11 is 0. The first-order chi connectivity index (χ1) is 11.9. The molecule has 1 aliphatic heterocycles. The summed E-state index contributed by atoms with van der Waals surface area (Å²) in [6.45, 7) is 8.40. The molecule has 0 bridgehead atoms. The smallest absolute Gasteiger partial charge is 0.255 e. The Hall–Kier alpha value is -2.62. The van der Waals surface area contributed by atoms with E-state index in [9.17, 15) is 9.59 Å². The van der Waals surface area contributed by atoms with Gasteiger partial charge in [-0.2, -0.15) is 0 Å². The van der Waals surface area contributed by atoms with Crippen LogP contribution in [0.1, 0.15) is 40.9 Å². The monoisotopic (exact) mass is 336 g/mol. The van der Waals surface area contributed by atoms with Crippen molar-refractivity contribution in [3.63, 3.8) is 0 Å². The van der Waals surface area contributed by atoms with E-state index < -0.39 is 6.04 Å². The van der Waals surface area contributed by atoms with Gasteiger partial charge in [0.2, 0.25) is 5.91 Å². The maximum atomic E-state index is 13.0. The van der Waals surface area contributed by atoms with Crippen molar-refractivity contribution in [1.29, 1.82) is 0 Å². The number of amides is 2. The summed E-state index contributed by atoms with van der Waals surface area (Å²) in [5, 5.41) is 3.02. The first kappa shape index (κ1) is 17.2. The van der Waals surface area contributed by atoms with Gasteiger partial charge in [0.15, 0.2) is 0 Å². The molecule has 0 fully saturated rings. The predicted octanol–water partition coefficient (Wildman–Crippen LogP) is 3.92. The van der Waals surface area contributed by atoms with E-state index in [1.165, 1.54) is 0 Å². The molecule has 0 unspecified atom stereocenters. The Balaban J connectivity index is 1.86. The average molecular weight is 336 g/mol. The Kier molecular flexibility index (Phi) is 4.62. The summed E-state index contributed by atoms with van der Waals surface area (Å²) in [4.78, 5) is 27.5. The Bertz CT molecular complexity index is 826. The van der Waals surface area contributed by atoms with Crippen molar-refractivity contribution in [1.82, 2.24) is 4.90 Å². The van der Waals surface area contributed by atoms with E-state index in [2.05, 4.69) is 5.32 Å². The van der Waals surface area contributed by atoms with Crippen LogP contribution < -0.4 is 5.32 Å². The molecule has 0 aliphatic carbocycles. The lowest BCUT2D eigenvalue weighted by molar-refractivity contribution is -0.122. The van der Waals surface area contributed by atoms with Crippen LogP contribution in [0.15, 0.2) is 42.5 Å². The molecule has 130 valence electrons. The standard InChI is InChI=1S/C21H24N2O2/c1-13(2)19(20(24)22-18-11-14(3)9-10-15(18)4)23-12-16-7-5-6-8-17(16)21(23)25/h5-11,13,19H,12H2,1-4H3,(H,22,24)/t19-/m0/s1. The van der Waals surface area contributed by atoms with Gasteiger partial charge in [-0.05, 0) is 48.6 Å². The minimum Gasteiger partial charge on any atom is -0.324 e. The largest absolute Gasteiger partial charge is 0.324 e. The van der Waals surface area contributed by atoms with Gasteiger partial charge < -0.3 is 10.2 Å². The molecule has 0 saturated carbocycles. The van der Waals surface area contributed by atoms with Gasteiger partial charge in [0.05, 0.1) is 0 Å². The molecule has 0 radical (unpaired) electrons. The summed E-state index contributed by atoms with van der Waals surface area (Å²) in [7, 11) is 0. The fourth-order valence-electron chi connectivity index (χ4n) is 3.38. The lowest BCUT2D eigenvalue weighted by Gasteiger charge is -2.30. The molecular weight excluding hydrogens is 312 g/mol. The van der Waals surface area contributed by atoms with Crippen molar-refractivity contribution in [3.8, 4) is 0 Å². The zero-order valence-electron chi connectivity index (χ0n) is 15.2. The molecule has 4 heteroatoms. The van der Waals surface area contributed by atoms with Crippen LogP contribution in [-0.2, 0) is 11.3 Å². The number of fused-ring (bicyclic) bond motifs is 1. The number of benzene rings is 2. The van der Waals surface area contributed by atoms with E-state index in [1.54, 1.807) is 4.90 Å². The first-order valence-corrected chi connectivity index (χ1v) is 8.65. The Morgan fingerprint density at radius 3 is 2.52 bits per heavy atom. The van der Waals surface area contributed by atoms with Gasteiger partial charge in [-0.3, -0.25) is 9.59 Å². The molecular formula is C21H24N2O2. The molecule has 0 saturated heterocycles. The van der Waals surface area contributed by atoms with E-state index in [4.69, 9.17) is 0 Å². The third-order valence-electron chi connectivity index (χ3n) is 4.74. The Morgan fingerprint density at radius 2 is 1.84 bits per heavy atom. The molecule has 1 aliphatic rings.